The molecule has 0 fully saturated rings. The normalized spacial score (nSPS) is 10.4. The number of anilines is 2. The molecule has 0 saturated carbocycles. The van der Waals surface area contributed by atoms with Crippen molar-refractivity contribution < 1.29 is 4.92 Å². The van der Waals surface area contributed by atoms with E-state index in [0.717, 1.165) is 16.8 Å². The lowest BCUT2D eigenvalue weighted by molar-refractivity contribution is -0.384. The van der Waals surface area contributed by atoms with Gasteiger partial charge in [0.05, 0.1) is 4.92 Å². The lowest BCUT2D eigenvalue weighted by Gasteiger charge is -2.20. The zero-order valence-electron chi connectivity index (χ0n) is 11.6. The van der Waals surface area contributed by atoms with Crippen LogP contribution in [0.1, 0.15) is 11.1 Å². The molecule has 0 atom stereocenters. The number of nitro benzene ring substituents is 1. The van der Waals surface area contributed by atoms with Gasteiger partial charge < -0.3 is 4.90 Å². The molecule has 20 heavy (non-hydrogen) atoms. The molecule has 0 spiro atoms. The van der Waals surface area contributed by atoms with Crippen LogP contribution in [0.15, 0.2) is 40.9 Å². The van der Waals surface area contributed by atoms with E-state index in [0.29, 0.717) is 10.2 Å². The van der Waals surface area contributed by atoms with E-state index < -0.39 is 0 Å². The molecule has 2 rings (SSSR count). The summed E-state index contributed by atoms with van der Waals surface area (Å²) in [6.07, 6.45) is 0. The van der Waals surface area contributed by atoms with Crippen LogP contribution in [-0.4, -0.2) is 12.0 Å². The van der Waals surface area contributed by atoms with Gasteiger partial charge in [0.2, 0.25) is 0 Å². The number of aryl methyl sites for hydroxylation is 2. The molecule has 0 N–H and O–H groups in total. The standard InChI is InChI=1S/C15H15BrN2O2/c1-10-6-11(2)8-13(7-10)17(3)14-5-4-12(16)9-15(14)18(19)20/h4-9H,1-3H3. The maximum absolute atomic E-state index is 11.2. The van der Waals surface area contributed by atoms with Gasteiger partial charge in [0, 0.05) is 23.3 Å². The summed E-state index contributed by atoms with van der Waals surface area (Å²) in [5, 5.41) is 11.2. The quantitative estimate of drug-likeness (QED) is 0.601. The molecule has 0 amide bonds. The minimum atomic E-state index is -0.362. The predicted octanol–water partition coefficient (Wildman–Crippen LogP) is 4.74. The molecular formula is C15H15BrN2O2. The third-order valence-corrected chi connectivity index (χ3v) is 3.58. The van der Waals surface area contributed by atoms with Crippen molar-refractivity contribution in [1.82, 2.24) is 0 Å². The van der Waals surface area contributed by atoms with E-state index in [1.165, 1.54) is 6.07 Å². The number of nitrogens with zero attached hydrogens (tertiary/aromatic N) is 2. The molecule has 0 heterocycles. The van der Waals surface area contributed by atoms with Gasteiger partial charge in [-0.25, -0.2) is 0 Å². The van der Waals surface area contributed by atoms with E-state index in [4.69, 9.17) is 0 Å². The van der Waals surface area contributed by atoms with Crippen molar-refractivity contribution in [3.8, 4) is 0 Å². The Morgan fingerprint density at radius 1 is 1.10 bits per heavy atom. The summed E-state index contributed by atoms with van der Waals surface area (Å²) in [7, 11) is 1.84. The molecule has 0 aromatic heterocycles. The first-order valence-electron chi connectivity index (χ1n) is 6.14. The molecule has 0 radical (unpaired) electrons. The second-order valence-electron chi connectivity index (χ2n) is 4.80. The first kappa shape index (κ1) is 14.5. The van der Waals surface area contributed by atoms with E-state index in [1.807, 2.05) is 44.0 Å². The molecule has 5 heteroatoms. The second-order valence-corrected chi connectivity index (χ2v) is 5.71. The minimum absolute atomic E-state index is 0.0843. The summed E-state index contributed by atoms with van der Waals surface area (Å²) in [6, 6.07) is 11.2. The van der Waals surface area contributed by atoms with Crippen LogP contribution < -0.4 is 4.90 Å². The summed E-state index contributed by atoms with van der Waals surface area (Å²) < 4.78 is 0.696. The van der Waals surface area contributed by atoms with E-state index in [2.05, 4.69) is 22.0 Å². The number of hydrogen-bond donors (Lipinski definition) is 0. The van der Waals surface area contributed by atoms with Crippen LogP contribution in [0, 0.1) is 24.0 Å². The van der Waals surface area contributed by atoms with Gasteiger partial charge >= 0.3 is 0 Å². The van der Waals surface area contributed by atoms with Gasteiger partial charge in [-0.15, -0.1) is 0 Å². The third-order valence-electron chi connectivity index (χ3n) is 3.09. The van der Waals surface area contributed by atoms with Gasteiger partial charge in [0.25, 0.3) is 5.69 Å². The number of halogens is 1. The number of benzene rings is 2. The largest absolute Gasteiger partial charge is 0.339 e. The Bertz CT molecular complexity index is 651. The Morgan fingerprint density at radius 2 is 1.70 bits per heavy atom. The molecule has 0 aliphatic carbocycles. The van der Waals surface area contributed by atoms with Gasteiger partial charge in [0.15, 0.2) is 0 Å². The van der Waals surface area contributed by atoms with E-state index in [1.54, 1.807) is 6.07 Å². The average molecular weight is 335 g/mol. The van der Waals surface area contributed by atoms with Crippen LogP contribution in [0.25, 0.3) is 0 Å². The zero-order valence-corrected chi connectivity index (χ0v) is 13.1. The molecule has 104 valence electrons. The second kappa shape index (κ2) is 5.63. The van der Waals surface area contributed by atoms with Crippen molar-refractivity contribution in [2.45, 2.75) is 13.8 Å². The smallest absolute Gasteiger partial charge is 0.293 e. The Labute approximate surface area is 126 Å². The molecule has 2 aromatic rings. The number of nitro groups is 1. The lowest BCUT2D eigenvalue weighted by atomic mass is 10.1. The fourth-order valence-electron chi connectivity index (χ4n) is 2.21. The first-order valence-corrected chi connectivity index (χ1v) is 6.94. The first-order chi connectivity index (χ1) is 9.38. The van der Waals surface area contributed by atoms with E-state index in [-0.39, 0.29) is 10.6 Å². The highest BCUT2D eigenvalue weighted by Gasteiger charge is 2.18. The molecule has 2 aromatic carbocycles. The van der Waals surface area contributed by atoms with Crippen LogP contribution in [0.3, 0.4) is 0 Å². The molecule has 0 aliphatic heterocycles. The van der Waals surface area contributed by atoms with Crippen molar-refractivity contribution in [1.29, 1.82) is 0 Å². The van der Waals surface area contributed by atoms with Gasteiger partial charge in [-0.1, -0.05) is 22.0 Å². The monoisotopic (exact) mass is 334 g/mol. The highest BCUT2D eigenvalue weighted by molar-refractivity contribution is 9.10. The zero-order chi connectivity index (χ0) is 14.9. The van der Waals surface area contributed by atoms with Crippen LogP contribution in [0.4, 0.5) is 17.1 Å². The summed E-state index contributed by atoms with van der Waals surface area (Å²) in [5.74, 6) is 0. The highest BCUT2D eigenvalue weighted by atomic mass is 79.9. The minimum Gasteiger partial charge on any atom is -0.339 e. The number of rotatable bonds is 3. The average Bonchev–Trinajstić information content (AvgIpc) is 2.36. The lowest BCUT2D eigenvalue weighted by Crippen LogP contribution is -2.12. The summed E-state index contributed by atoms with van der Waals surface area (Å²) in [4.78, 5) is 12.7. The summed E-state index contributed by atoms with van der Waals surface area (Å²) >= 11 is 3.27. The van der Waals surface area contributed by atoms with Crippen molar-refractivity contribution in [2.24, 2.45) is 0 Å². The van der Waals surface area contributed by atoms with Crippen molar-refractivity contribution in [2.75, 3.05) is 11.9 Å². The fraction of sp³-hybridized carbons (Fsp3) is 0.200. The Kier molecular flexibility index (Phi) is 4.09. The Hall–Kier alpha value is -1.88. The van der Waals surface area contributed by atoms with Crippen LogP contribution in [0.2, 0.25) is 0 Å². The van der Waals surface area contributed by atoms with Crippen LogP contribution in [0.5, 0.6) is 0 Å². The Balaban J connectivity index is 2.52. The topological polar surface area (TPSA) is 46.4 Å². The molecule has 0 saturated heterocycles. The fourth-order valence-corrected chi connectivity index (χ4v) is 2.56. The SMILES string of the molecule is Cc1cc(C)cc(N(C)c2ccc(Br)cc2[N+](=O)[O-])c1. The molecular weight excluding hydrogens is 320 g/mol. The molecule has 0 unspecified atom stereocenters. The molecule has 0 bridgehead atoms. The third kappa shape index (κ3) is 2.99. The summed E-state index contributed by atoms with van der Waals surface area (Å²) in [6.45, 7) is 4.03. The Morgan fingerprint density at radius 3 is 2.25 bits per heavy atom. The van der Waals surface area contributed by atoms with Crippen molar-refractivity contribution in [3.05, 3.63) is 62.1 Å². The molecule has 4 nitrogen and oxygen atoms in total. The maximum atomic E-state index is 11.2. The van der Waals surface area contributed by atoms with Gasteiger partial charge in [-0.2, -0.15) is 0 Å². The van der Waals surface area contributed by atoms with Crippen molar-refractivity contribution >= 4 is 33.0 Å². The van der Waals surface area contributed by atoms with Crippen LogP contribution >= 0.6 is 15.9 Å². The van der Waals surface area contributed by atoms with E-state index in [9.17, 15) is 10.1 Å². The van der Waals surface area contributed by atoms with Crippen LogP contribution in [-0.2, 0) is 0 Å². The van der Waals surface area contributed by atoms with E-state index >= 15 is 0 Å². The van der Waals surface area contributed by atoms with Gasteiger partial charge in [-0.05, 0) is 49.2 Å². The van der Waals surface area contributed by atoms with Crippen molar-refractivity contribution in [3.63, 3.8) is 0 Å². The summed E-state index contributed by atoms with van der Waals surface area (Å²) in [5.41, 5.74) is 3.86. The molecule has 0 aliphatic rings. The highest BCUT2D eigenvalue weighted by Crippen LogP contribution is 2.35. The van der Waals surface area contributed by atoms with Gasteiger partial charge in [0.1, 0.15) is 5.69 Å². The maximum Gasteiger partial charge on any atom is 0.293 e. The van der Waals surface area contributed by atoms with Gasteiger partial charge in [-0.3, -0.25) is 10.1 Å². The predicted molar refractivity (Wildman–Crippen MR) is 84.8 cm³/mol. The number of hydrogen-bond acceptors (Lipinski definition) is 3.